The van der Waals surface area contributed by atoms with Gasteiger partial charge < -0.3 is 5.32 Å². The van der Waals surface area contributed by atoms with Crippen LogP contribution < -0.4 is 5.32 Å². The molecule has 1 aromatic rings. The van der Waals surface area contributed by atoms with Crippen LogP contribution in [0.1, 0.15) is 38.2 Å². The van der Waals surface area contributed by atoms with E-state index in [-0.39, 0.29) is 11.9 Å². The average Bonchev–Trinajstić information content (AvgIpc) is 2.69. The summed E-state index contributed by atoms with van der Waals surface area (Å²) >= 11 is 3.39. The molecule has 0 unspecified atom stereocenters. The van der Waals surface area contributed by atoms with Gasteiger partial charge in [0.1, 0.15) is 5.54 Å². The highest BCUT2D eigenvalue weighted by Crippen LogP contribution is 2.36. The molecule has 0 radical (unpaired) electrons. The van der Waals surface area contributed by atoms with Crippen LogP contribution in [0.4, 0.5) is 4.79 Å². The van der Waals surface area contributed by atoms with Crippen molar-refractivity contribution < 1.29 is 9.59 Å². The number of nitrogens with zero attached hydrogens (tertiary/aromatic N) is 1. The second-order valence-electron chi connectivity index (χ2n) is 6.21. The Morgan fingerprint density at radius 1 is 1.24 bits per heavy atom. The summed E-state index contributed by atoms with van der Waals surface area (Å²) in [5, 5.41) is 2.95. The van der Waals surface area contributed by atoms with E-state index in [2.05, 4.69) is 28.2 Å². The quantitative estimate of drug-likeness (QED) is 0.830. The number of urea groups is 1. The normalized spacial score (nSPS) is 29.0. The molecule has 0 aromatic heterocycles. The third-order valence-electron chi connectivity index (χ3n) is 4.63. The van der Waals surface area contributed by atoms with Crippen molar-refractivity contribution in [3.8, 4) is 0 Å². The molecule has 1 aliphatic heterocycles. The van der Waals surface area contributed by atoms with E-state index in [0.29, 0.717) is 12.5 Å². The Morgan fingerprint density at radius 2 is 1.86 bits per heavy atom. The number of benzene rings is 1. The Bertz CT molecular complexity index is 562. The summed E-state index contributed by atoms with van der Waals surface area (Å²) in [5.74, 6) is 0.586. The molecule has 112 valence electrons. The van der Waals surface area contributed by atoms with Gasteiger partial charge in [0.2, 0.25) is 0 Å². The number of hydrogen-bond donors (Lipinski definition) is 1. The lowest BCUT2D eigenvalue weighted by Crippen LogP contribution is -2.49. The Morgan fingerprint density at radius 3 is 2.48 bits per heavy atom. The molecule has 4 nitrogen and oxygen atoms in total. The van der Waals surface area contributed by atoms with E-state index in [1.54, 1.807) is 0 Å². The number of rotatable bonds is 2. The molecule has 1 N–H and O–H groups in total. The maximum atomic E-state index is 12.7. The lowest BCUT2D eigenvalue weighted by Gasteiger charge is -2.33. The van der Waals surface area contributed by atoms with Crippen LogP contribution >= 0.6 is 15.9 Å². The first-order chi connectivity index (χ1) is 10.00. The molecule has 0 bridgehead atoms. The Labute approximate surface area is 133 Å². The largest absolute Gasteiger partial charge is 0.325 e. The first kappa shape index (κ1) is 14.6. The molecular formula is C16H19BrN2O2. The minimum atomic E-state index is -0.640. The van der Waals surface area contributed by atoms with Gasteiger partial charge in [-0.2, -0.15) is 0 Å². The second kappa shape index (κ2) is 5.44. The van der Waals surface area contributed by atoms with Gasteiger partial charge in [0.25, 0.3) is 5.91 Å². The molecule has 0 atom stereocenters. The first-order valence-corrected chi connectivity index (χ1v) is 8.18. The van der Waals surface area contributed by atoms with Crippen LogP contribution in [0.5, 0.6) is 0 Å². The van der Waals surface area contributed by atoms with Gasteiger partial charge in [-0.25, -0.2) is 4.79 Å². The highest BCUT2D eigenvalue weighted by Gasteiger charge is 2.51. The monoisotopic (exact) mass is 350 g/mol. The van der Waals surface area contributed by atoms with E-state index < -0.39 is 5.54 Å². The van der Waals surface area contributed by atoms with Crippen molar-refractivity contribution in [2.75, 3.05) is 0 Å². The van der Waals surface area contributed by atoms with Gasteiger partial charge in [0.15, 0.2) is 0 Å². The molecule has 1 saturated heterocycles. The molecule has 1 saturated carbocycles. The van der Waals surface area contributed by atoms with Gasteiger partial charge in [-0.3, -0.25) is 9.69 Å². The minimum Gasteiger partial charge on any atom is -0.323 e. The molecule has 1 spiro atoms. The van der Waals surface area contributed by atoms with E-state index in [1.807, 2.05) is 24.3 Å². The fraction of sp³-hybridized carbons (Fsp3) is 0.500. The summed E-state index contributed by atoms with van der Waals surface area (Å²) < 4.78 is 0.987. The number of amides is 3. The van der Waals surface area contributed by atoms with E-state index in [9.17, 15) is 9.59 Å². The lowest BCUT2D eigenvalue weighted by atomic mass is 9.77. The van der Waals surface area contributed by atoms with Gasteiger partial charge in [-0.15, -0.1) is 0 Å². The summed E-state index contributed by atoms with van der Waals surface area (Å²) in [4.78, 5) is 26.3. The predicted octanol–water partition coefficient (Wildman–Crippen LogP) is 3.45. The van der Waals surface area contributed by atoms with E-state index in [0.717, 1.165) is 35.7 Å². The van der Waals surface area contributed by atoms with E-state index >= 15 is 0 Å². The van der Waals surface area contributed by atoms with Gasteiger partial charge in [0.05, 0.1) is 6.54 Å². The second-order valence-corrected chi connectivity index (χ2v) is 7.13. The Balaban J connectivity index is 1.76. The maximum Gasteiger partial charge on any atom is 0.325 e. The van der Waals surface area contributed by atoms with Gasteiger partial charge in [0, 0.05) is 4.47 Å². The van der Waals surface area contributed by atoms with Crippen molar-refractivity contribution in [2.24, 2.45) is 5.92 Å². The molecule has 21 heavy (non-hydrogen) atoms. The van der Waals surface area contributed by atoms with Crippen molar-refractivity contribution in [3.63, 3.8) is 0 Å². The SMILES string of the molecule is CC1CCC2(CC1)NC(=O)N(Cc1ccc(Br)cc1)C2=O. The van der Waals surface area contributed by atoms with Gasteiger partial charge in [-0.1, -0.05) is 35.0 Å². The predicted molar refractivity (Wildman–Crippen MR) is 83.6 cm³/mol. The summed E-state index contributed by atoms with van der Waals surface area (Å²) in [5.41, 5.74) is 0.321. The molecule has 3 rings (SSSR count). The maximum absolute atomic E-state index is 12.7. The smallest absolute Gasteiger partial charge is 0.323 e. The van der Waals surface area contributed by atoms with Gasteiger partial charge >= 0.3 is 6.03 Å². The van der Waals surface area contributed by atoms with Crippen molar-refractivity contribution in [3.05, 3.63) is 34.3 Å². The number of nitrogens with one attached hydrogen (secondary N) is 1. The van der Waals surface area contributed by atoms with Crippen LogP contribution in [0.2, 0.25) is 0 Å². The number of hydrogen-bond acceptors (Lipinski definition) is 2. The molecule has 3 amide bonds. The van der Waals surface area contributed by atoms with Crippen LogP contribution in [0.15, 0.2) is 28.7 Å². The van der Waals surface area contributed by atoms with Gasteiger partial charge in [-0.05, 0) is 49.3 Å². The van der Waals surface area contributed by atoms with E-state index in [1.165, 1.54) is 4.90 Å². The zero-order valence-electron chi connectivity index (χ0n) is 12.1. The Hall–Kier alpha value is -1.36. The molecule has 1 heterocycles. The van der Waals surface area contributed by atoms with Crippen LogP contribution in [-0.2, 0) is 11.3 Å². The number of imide groups is 1. The fourth-order valence-corrected chi connectivity index (χ4v) is 3.45. The molecule has 1 aromatic carbocycles. The molecule has 1 aliphatic carbocycles. The lowest BCUT2D eigenvalue weighted by molar-refractivity contribution is -0.133. The highest BCUT2D eigenvalue weighted by atomic mass is 79.9. The van der Waals surface area contributed by atoms with E-state index in [4.69, 9.17) is 0 Å². The van der Waals surface area contributed by atoms with Crippen molar-refractivity contribution in [1.82, 2.24) is 10.2 Å². The van der Waals surface area contributed by atoms with Crippen LogP contribution in [0.25, 0.3) is 0 Å². The van der Waals surface area contributed by atoms with Crippen LogP contribution in [0, 0.1) is 5.92 Å². The number of carbonyl (C=O) groups excluding carboxylic acids is 2. The zero-order chi connectivity index (χ0) is 15.0. The molecule has 2 aliphatic rings. The molecule has 2 fully saturated rings. The summed E-state index contributed by atoms with van der Waals surface area (Å²) in [7, 11) is 0. The fourth-order valence-electron chi connectivity index (χ4n) is 3.19. The summed E-state index contributed by atoms with van der Waals surface area (Å²) in [6.07, 6.45) is 3.52. The minimum absolute atomic E-state index is 0.0534. The summed E-state index contributed by atoms with van der Waals surface area (Å²) in [6, 6.07) is 7.45. The molecular weight excluding hydrogens is 332 g/mol. The van der Waals surface area contributed by atoms with Crippen molar-refractivity contribution in [1.29, 1.82) is 0 Å². The zero-order valence-corrected chi connectivity index (χ0v) is 13.6. The topological polar surface area (TPSA) is 49.4 Å². The van der Waals surface area contributed by atoms with Crippen LogP contribution in [-0.4, -0.2) is 22.4 Å². The number of carbonyl (C=O) groups is 2. The standard InChI is InChI=1S/C16H19BrN2O2/c1-11-6-8-16(9-7-11)14(20)19(15(21)18-16)10-12-2-4-13(17)5-3-12/h2-5,11H,6-10H2,1H3,(H,18,21). The van der Waals surface area contributed by atoms with Crippen molar-refractivity contribution in [2.45, 2.75) is 44.7 Å². The van der Waals surface area contributed by atoms with Crippen molar-refractivity contribution >= 4 is 27.9 Å². The third-order valence-corrected chi connectivity index (χ3v) is 5.16. The highest BCUT2D eigenvalue weighted by molar-refractivity contribution is 9.10. The Kier molecular flexibility index (Phi) is 3.78. The molecule has 5 heteroatoms. The summed E-state index contributed by atoms with van der Waals surface area (Å²) in [6.45, 7) is 2.54. The average molecular weight is 351 g/mol. The third kappa shape index (κ3) is 2.71. The number of halogens is 1. The van der Waals surface area contributed by atoms with Crippen LogP contribution in [0.3, 0.4) is 0 Å². The first-order valence-electron chi connectivity index (χ1n) is 7.39.